The minimum atomic E-state index is -0.401. The van der Waals surface area contributed by atoms with E-state index in [2.05, 4.69) is 0 Å². The molecule has 1 fully saturated rings. The van der Waals surface area contributed by atoms with Crippen molar-refractivity contribution in [1.82, 2.24) is 0 Å². The smallest absolute Gasteiger partial charge is 0.224 e. The molecule has 1 amide bonds. The molecular weight excluding hydrogens is 349 g/mol. The van der Waals surface area contributed by atoms with Crippen molar-refractivity contribution in [2.45, 2.75) is 51.9 Å². The molecule has 5 nitrogen and oxygen atoms in total. The lowest BCUT2D eigenvalue weighted by atomic mass is 9.91. The number of ether oxygens (including phenoxy) is 3. The van der Waals surface area contributed by atoms with Crippen LogP contribution in [0, 0.1) is 5.82 Å². The minimum absolute atomic E-state index is 0.0116. The van der Waals surface area contributed by atoms with Crippen LogP contribution < -0.4 is 9.64 Å². The van der Waals surface area contributed by atoms with Crippen molar-refractivity contribution in [1.29, 1.82) is 0 Å². The lowest BCUT2D eigenvalue weighted by Gasteiger charge is -2.40. The maximum absolute atomic E-state index is 13.2. The zero-order valence-electron chi connectivity index (χ0n) is 15.5. The Bertz CT molecular complexity index is 848. The molecule has 4 rings (SSSR count). The highest BCUT2D eigenvalue weighted by molar-refractivity contribution is 5.93. The highest BCUT2D eigenvalue weighted by atomic mass is 19.1. The van der Waals surface area contributed by atoms with Crippen molar-refractivity contribution in [3.05, 3.63) is 59.4 Å². The van der Waals surface area contributed by atoms with Crippen LogP contribution in [-0.2, 0) is 14.3 Å². The topological polar surface area (TPSA) is 48.0 Å². The molecular formula is C21H22FNO4. The number of hydrogen-bond acceptors (Lipinski definition) is 4. The van der Waals surface area contributed by atoms with Gasteiger partial charge in [0.1, 0.15) is 17.7 Å². The Hall–Kier alpha value is -2.44. The third-order valence-electron chi connectivity index (χ3n) is 4.99. The number of halogens is 1. The Labute approximate surface area is 157 Å². The van der Waals surface area contributed by atoms with Crippen LogP contribution in [0.5, 0.6) is 5.75 Å². The van der Waals surface area contributed by atoms with Gasteiger partial charge in [-0.25, -0.2) is 4.39 Å². The summed E-state index contributed by atoms with van der Waals surface area (Å²) < 4.78 is 30.5. The van der Waals surface area contributed by atoms with Gasteiger partial charge in [-0.15, -0.1) is 0 Å². The van der Waals surface area contributed by atoms with E-state index in [1.807, 2.05) is 32.0 Å². The zero-order valence-corrected chi connectivity index (χ0v) is 15.5. The Kier molecular flexibility index (Phi) is 4.61. The molecule has 142 valence electrons. The van der Waals surface area contributed by atoms with E-state index in [4.69, 9.17) is 14.2 Å². The molecule has 2 atom stereocenters. The highest BCUT2D eigenvalue weighted by Gasteiger charge is 2.36. The lowest BCUT2D eigenvalue weighted by molar-refractivity contribution is -0.382. The molecule has 6 heteroatoms. The normalized spacial score (nSPS) is 26.9. The fourth-order valence-corrected chi connectivity index (χ4v) is 3.76. The van der Waals surface area contributed by atoms with E-state index in [1.54, 1.807) is 24.0 Å². The van der Waals surface area contributed by atoms with E-state index in [1.165, 1.54) is 12.1 Å². The van der Waals surface area contributed by atoms with E-state index in [0.29, 0.717) is 12.2 Å². The first-order valence-electron chi connectivity index (χ1n) is 9.09. The van der Waals surface area contributed by atoms with Crippen LogP contribution >= 0.6 is 0 Å². The molecule has 2 aromatic carbocycles. The molecule has 2 aliphatic heterocycles. The number of carbonyl (C=O) groups is 1. The predicted molar refractivity (Wildman–Crippen MR) is 97.8 cm³/mol. The second kappa shape index (κ2) is 6.94. The number of nitrogens with zero attached hydrogens (tertiary/aromatic N) is 1. The first kappa shape index (κ1) is 17.9. The van der Waals surface area contributed by atoms with Gasteiger partial charge in [-0.05, 0) is 50.2 Å². The number of anilines is 1. The number of carbonyl (C=O) groups excluding carboxylic acids is 1. The van der Waals surface area contributed by atoms with E-state index in [0.717, 1.165) is 16.8 Å². The molecule has 0 N–H and O–H groups in total. The summed E-state index contributed by atoms with van der Waals surface area (Å²) in [6.07, 6.45) is -0.239. The Morgan fingerprint density at radius 3 is 2.48 bits per heavy atom. The van der Waals surface area contributed by atoms with Gasteiger partial charge in [0.2, 0.25) is 5.91 Å². The first-order chi connectivity index (χ1) is 12.9. The Morgan fingerprint density at radius 2 is 1.85 bits per heavy atom. The second-order valence-corrected chi connectivity index (χ2v) is 7.02. The average Bonchev–Trinajstić information content (AvgIpc) is 2.60. The molecule has 0 aromatic heterocycles. The molecule has 2 aromatic rings. The maximum atomic E-state index is 13.2. The standard InChI is InChI=1S/C21H22FNO4/c1-12-10-20(27-17-7-5-16(22)6-8-17)18-11-15(21-25-14(3)26-21)4-9-19(18)23(12)13(2)24/h4-9,11-12,14,20-21H,10H2,1-3H3. The fraction of sp³-hybridized carbons (Fsp3) is 0.381. The Morgan fingerprint density at radius 1 is 1.15 bits per heavy atom. The van der Waals surface area contributed by atoms with Gasteiger partial charge in [0, 0.05) is 30.5 Å². The molecule has 0 radical (unpaired) electrons. The van der Waals surface area contributed by atoms with Gasteiger partial charge in [-0.2, -0.15) is 0 Å². The number of rotatable bonds is 3. The van der Waals surface area contributed by atoms with E-state index in [9.17, 15) is 9.18 Å². The summed E-state index contributed by atoms with van der Waals surface area (Å²) >= 11 is 0. The Balaban J connectivity index is 1.70. The van der Waals surface area contributed by atoms with E-state index in [-0.39, 0.29) is 30.2 Å². The van der Waals surface area contributed by atoms with Gasteiger partial charge in [-0.1, -0.05) is 6.07 Å². The van der Waals surface area contributed by atoms with E-state index < -0.39 is 6.29 Å². The summed E-state index contributed by atoms with van der Waals surface area (Å²) in [5.74, 6) is 0.269. The molecule has 0 bridgehead atoms. The predicted octanol–water partition coefficient (Wildman–Crippen LogP) is 4.48. The minimum Gasteiger partial charge on any atom is -0.486 e. The molecule has 2 unspecified atom stereocenters. The molecule has 0 aliphatic carbocycles. The zero-order chi connectivity index (χ0) is 19.1. The molecule has 2 heterocycles. The van der Waals surface area contributed by atoms with E-state index >= 15 is 0 Å². The van der Waals surface area contributed by atoms with Crippen molar-refractivity contribution in [3.8, 4) is 5.75 Å². The average molecular weight is 371 g/mol. The molecule has 2 aliphatic rings. The molecule has 0 spiro atoms. The van der Waals surface area contributed by atoms with Crippen LogP contribution in [0.2, 0.25) is 0 Å². The monoisotopic (exact) mass is 371 g/mol. The third-order valence-corrected chi connectivity index (χ3v) is 4.99. The van der Waals surface area contributed by atoms with Crippen molar-refractivity contribution in [3.63, 3.8) is 0 Å². The summed E-state index contributed by atoms with van der Waals surface area (Å²) in [5, 5.41) is 0. The van der Waals surface area contributed by atoms with Gasteiger partial charge >= 0.3 is 0 Å². The van der Waals surface area contributed by atoms with Crippen LogP contribution in [0.3, 0.4) is 0 Å². The summed E-state index contributed by atoms with van der Waals surface area (Å²) in [6.45, 7) is 5.41. The third kappa shape index (κ3) is 3.42. The number of benzene rings is 2. The molecule has 0 saturated carbocycles. The largest absolute Gasteiger partial charge is 0.486 e. The van der Waals surface area contributed by atoms with Crippen LogP contribution in [-0.4, -0.2) is 18.2 Å². The van der Waals surface area contributed by atoms with Crippen molar-refractivity contribution >= 4 is 11.6 Å². The van der Waals surface area contributed by atoms with Crippen LogP contribution in [0.1, 0.15) is 50.7 Å². The quantitative estimate of drug-likeness (QED) is 0.798. The van der Waals surface area contributed by atoms with Gasteiger partial charge < -0.3 is 19.1 Å². The lowest BCUT2D eigenvalue weighted by Crippen LogP contribution is -2.43. The molecule has 1 saturated heterocycles. The summed E-state index contributed by atoms with van der Waals surface area (Å²) in [7, 11) is 0. The number of amides is 1. The van der Waals surface area contributed by atoms with Gasteiger partial charge in [-0.3, -0.25) is 4.79 Å². The molecule has 27 heavy (non-hydrogen) atoms. The second-order valence-electron chi connectivity index (χ2n) is 7.02. The van der Waals surface area contributed by atoms with Crippen LogP contribution in [0.25, 0.3) is 0 Å². The van der Waals surface area contributed by atoms with Gasteiger partial charge in [0.05, 0.1) is 5.69 Å². The number of fused-ring (bicyclic) bond motifs is 1. The van der Waals surface area contributed by atoms with Crippen LogP contribution in [0.15, 0.2) is 42.5 Å². The van der Waals surface area contributed by atoms with Crippen molar-refractivity contribution < 1.29 is 23.4 Å². The number of hydrogen-bond donors (Lipinski definition) is 0. The van der Waals surface area contributed by atoms with Crippen molar-refractivity contribution in [2.24, 2.45) is 0 Å². The van der Waals surface area contributed by atoms with Gasteiger partial charge in [0.25, 0.3) is 0 Å². The van der Waals surface area contributed by atoms with Gasteiger partial charge in [0.15, 0.2) is 12.6 Å². The first-order valence-corrected chi connectivity index (χ1v) is 9.09. The summed E-state index contributed by atoms with van der Waals surface area (Å²) in [5.41, 5.74) is 2.61. The highest BCUT2D eigenvalue weighted by Crippen LogP contribution is 2.42. The summed E-state index contributed by atoms with van der Waals surface area (Å²) in [4.78, 5) is 14.0. The van der Waals surface area contributed by atoms with Crippen molar-refractivity contribution in [2.75, 3.05) is 4.90 Å². The fourth-order valence-electron chi connectivity index (χ4n) is 3.76. The summed E-state index contributed by atoms with van der Waals surface area (Å²) in [6, 6.07) is 11.8. The SMILES string of the molecule is CC(=O)N1c2ccc(C3OC(C)O3)cc2C(Oc2ccc(F)cc2)CC1C. The maximum Gasteiger partial charge on any atom is 0.224 e. The van der Waals surface area contributed by atoms with Crippen LogP contribution in [0.4, 0.5) is 10.1 Å².